The van der Waals surface area contributed by atoms with E-state index in [-0.39, 0.29) is 18.4 Å². The van der Waals surface area contributed by atoms with Gasteiger partial charge in [0.15, 0.2) is 0 Å². The summed E-state index contributed by atoms with van der Waals surface area (Å²) < 4.78 is 11.0. The standard InChI is InChI=1S/C23H30N2O4/c1-6-20(28-16-18-10-8-7-9-11-18)12-17(2)14-25-15-19(13-21(25)26)24-22(27)29-23(3,4)5/h6-12,19H,1-2,13-16H2,3-5H3,(H,24,27)/b20-12+/t19-/m1/s1. The second-order valence-corrected chi connectivity index (χ2v) is 8.00. The average molecular weight is 399 g/mol. The highest BCUT2D eigenvalue weighted by Crippen LogP contribution is 2.16. The number of allylic oxidation sites excluding steroid dienone is 1. The number of ether oxygens (including phenoxy) is 2. The Kier molecular flexibility index (Phi) is 7.65. The molecule has 156 valence electrons. The van der Waals surface area contributed by atoms with Crippen LogP contribution in [-0.2, 0) is 20.9 Å². The number of alkyl carbamates (subject to hydrolysis) is 1. The predicted molar refractivity (Wildman–Crippen MR) is 113 cm³/mol. The summed E-state index contributed by atoms with van der Waals surface area (Å²) in [5, 5.41) is 2.75. The minimum absolute atomic E-state index is 0.0361. The van der Waals surface area contributed by atoms with Crippen molar-refractivity contribution in [1.29, 1.82) is 0 Å². The van der Waals surface area contributed by atoms with Gasteiger partial charge in [0.1, 0.15) is 18.0 Å². The first-order valence-corrected chi connectivity index (χ1v) is 9.62. The van der Waals surface area contributed by atoms with Crippen LogP contribution >= 0.6 is 0 Å². The van der Waals surface area contributed by atoms with E-state index in [9.17, 15) is 9.59 Å². The van der Waals surface area contributed by atoms with E-state index in [4.69, 9.17) is 9.47 Å². The Labute approximate surface area is 172 Å². The van der Waals surface area contributed by atoms with Crippen molar-refractivity contribution in [3.8, 4) is 0 Å². The summed E-state index contributed by atoms with van der Waals surface area (Å²) in [5.74, 6) is 0.555. The Morgan fingerprint density at radius 1 is 1.31 bits per heavy atom. The van der Waals surface area contributed by atoms with Crippen molar-refractivity contribution in [2.24, 2.45) is 0 Å². The van der Waals surface area contributed by atoms with E-state index in [1.54, 1.807) is 37.8 Å². The molecular formula is C23H30N2O4. The molecule has 1 saturated heterocycles. The quantitative estimate of drug-likeness (QED) is 0.532. The Bertz CT molecular complexity index is 778. The summed E-state index contributed by atoms with van der Waals surface area (Å²) in [4.78, 5) is 25.8. The maximum absolute atomic E-state index is 12.3. The van der Waals surface area contributed by atoms with Crippen LogP contribution in [0.2, 0.25) is 0 Å². The van der Waals surface area contributed by atoms with Crippen molar-refractivity contribution in [3.05, 3.63) is 72.5 Å². The highest BCUT2D eigenvalue weighted by Gasteiger charge is 2.31. The topological polar surface area (TPSA) is 67.9 Å². The van der Waals surface area contributed by atoms with Gasteiger partial charge in [-0.15, -0.1) is 0 Å². The van der Waals surface area contributed by atoms with Crippen molar-refractivity contribution in [1.82, 2.24) is 10.2 Å². The van der Waals surface area contributed by atoms with Crippen LogP contribution in [0.15, 0.2) is 67.0 Å². The number of hydrogen-bond acceptors (Lipinski definition) is 4. The van der Waals surface area contributed by atoms with Gasteiger partial charge in [-0.1, -0.05) is 43.5 Å². The summed E-state index contributed by atoms with van der Waals surface area (Å²) in [7, 11) is 0. The van der Waals surface area contributed by atoms with Gasteiger partial charge in [0.25, 0.3) is 0 Å². The molecule has 0 aromatic heterocycles. The third-order valence-electron chi connectivity index (χ3n) is 4.13. The van der Waals surface area contributed by atoms with Crippen LogP contribution in [0.3, 0.4) is 0 Å². The molecule has 0 saturated carbocycles. The molecule has 1 heterocycles. The molecule has 6 nitrogen and oxygen atoms in total. The predicted octanol–water partition coefficient (Wildman–Crippen LogP) is 3.95. The molecule has 0 spiro atoms. The number of rotatable bonds is 8. The zero-order chi connectivity index (χ0) is 21.4. The fourth-order valence-electron chi connectivity index (χ4n) is 2.89. The molecule has 1 fully saturated rings. The molecular weight excluding hydrogens is 368 g/mol. The average Bonchev–Trinajstić information content (AvgIpc) is 2.96. The molecule has 2 amide bonds. The summed E-state index contributed by atoms with van der Waals surface area (Å²) in [5.41, 5.74) is 1.20. The molecule has 0 bridgehead atoms. The summed E-state index contributed by atoms with van der Waals surface area (Å²) in [6.45, 7) is 14.4. The Morgan fingerprint density at radius 3 is 2.62 bits per heavy atom. The highest BCUT2D eigenvalue weighted by atomic mass is 16.6. The number of hydrogen-bond donors (Lipinski definition) is 1. The zero-order valence-electron chi connectivity index (χ0n) is 17.4. The van der Waals surface area contributed by atoms with Crippen LogP contribution < -0.4 is 5.32 Å². The Hall–Kier alpha value is -3.02. The van der Waals surface area contributed by atoms with Crippen LogP contribution in [0.4, 0.5) is 4.79 Å². The highest BCUT2D eigenvalue weighted by molar-refractivity contribution is 5.81. The first-order chi connectivity index (χ1) is 13.7. The van der Waals surface area contributed by atoms with Crippen molar-refractivity contribution < 1.29 is 19.1 Å². The lowest BCUT2D eigenvalue weighted by Gasteiger charge is -2.22. The third-order valence-corrected chi connectivity index (χ3v) is 4.13. The molecule has 6 heteroatoms. The fourth-order valence-corrected chi connectivity index (χ4v) is 2.89. The lowest BCUT2D eigenvalue weighted by molar-refractivity contribution is -0.127. The van der Waals surface area contributed by atoms with Crippen LogP contribution in [-0.4, -0.2) is 41.6 Å². The maximum Gasteiger partial charge on any atom is 0.407 e. The molecule has 1 atom stereocenters. The minimum Gasteiger partial charge on any atom is -0.489 e. The normalized spacial score (nSPS) is 17.1. The van der Waals surface area contributed by atoms with Gasteiger partial charge >= 0.3 is 6.09 Å². The van der Waals surface area contributed by atoms with Crippen LogP contribution in [0.5, 0.6) is 0 Å². The van der Waals surface area contributed by atoms with E-state index in [2.05, 4.69) is 18.5 Å². The van der Waals surface area contributed by atoms with Gasteiger partial charge in [-0.05, 0) is 44.1 Å². The van der Waals surface area contributed by atoms with Crippen molar-refractivity contribution >= 4 is 12.0 Å². The number of carbonyl (C=O) groups excluding carboxylic acids is 2. The first kappa shape index (κ1) is 22.3. The molecule has 2 rings (SSSR count). The van der Waals surface area contributed by atoms with Crippen LogP contribution in [0.25, 0.3) is 0 Å². The zero-order valence-corrected chi connectivity index (χ0v) is 17.4. The Morgan fingerprint density at radius 2 is 2.00 bits per heavy atom. The minimum atomic E-state index is -0.577. The van der Waals surface area contributed by atoms with Crippen molar-refractivity contribution in [2.75, 3.05) is 13.1 Å². The van der Waals surface area contributed by atoms with Gasteiger partial charge in [-0.3, -0.25) is 4.79 Å². The summed E-state index contributed by atoms with van der Waals surface area (Å²) in [6.07, 6.45) is 3.12. The number of likely N-dealkylation sites (tertiary alicyclic amines) is 1. The lowest BCUT2D eigenvalue weighted by atomic mass is 10.2. The van der Waals surface area contributed by atoms with E-state index in [1.807, 2.05) is 30.3 Å². The first-order valence-electron chi connectivity index (χ1n) is 9.62. The molecule has 0 radical (unpaired) electrons. The molecule has 1 aromatic carbocycles. The molecule has 1 aliphatic rings. The van der Waals surface area contributed by atoms with E-state index in [1.165, 1.54) is 0 Å². The molecule has 1 aromatic rings. The summed E-state index contributed by atoms with van der Waals surface area (Å²) in [6, 6.07) is 9.55. The van der Waals surface area contributed by atoms with E-state index >= 15 is 0 Å². The SMILES string of the molecule is C=C/C(=C\C(=C)CN1C[C@H](NC(=O)OC(C)(C)C)CC1=O)OCc1ccccc1. The smallest absolute Gasteiger partial charge is 0.407 e. The van der Waals surface area contributed by atoms with Gasteiger partial charge in [-0.25, -0.2) is 4.79 Å². The molecule has 1 aliphatic heterocycles. The van der Waals surface area contributed by atoms with E-state index in [0.29, 0.717) is 25.5 Å². The molecule has 1 N–H and O–H groups in total. The van der Waals surface area contributed by atoms with Gasteiger partial charge in [0.05, 0.1) is 6.04 Å². The van der Waals surface area contributed by atoms with Gasteiger partial charge in [0, 0.05) is 19.5 Å². The monoisotopic (exact) mass is 398 g/mol. The van der Waals surface area contributed by atoms with Crippen LogP contribution in [0.1, 0.15) is 32.8 Å². The second kappa shape index (κ2) is 9.96. The lowest BCUT2D eigenvalue weighted by Crippen LogP contribution is -2.40. The summed E-state index contributed by atoms with van der Waals surface area (Å²) >= 11 is 0. The molecule has 0 unspecified atom stereocenters. The number of carbonyl (C=O) groups is 2. The molecule has 29 heavy (non-hydrogen) atoms. The van der Waals surface area contributed by atoms with Gasteiger partial charge in [-0.2, -0.15) is 0 Å². The number of nitrogens with one attached hydrogen (secondary N) is 1. The third kappa shape index (κ3) is 7.86. The van der Waals surface area contributed by atoms with E-state index < -0.39 is 11.7 Å². The van der Waals surface area contributed by atoms with Gasteiger partial charge in [0.2, 0.25) is 5.91 Å². The number of nitrogens with zero attached hydrogens (tertiary/aromatic N) is 1. The molecule has 0 aliphatic carbocycles. The number of amides is 2. The van der Waals surface area contributed by atoms with Crippen molar-refractivity contribution in [3.63, 3.8) is 0 Å². The second-order valence-electron chi connectivity index (χ2n) is 8.00. The number of benzene rings is 1. The van der Waals surface area contributed by atoms with Gasteiger partial charge < -0.3 is 19.7 Å². The fraction of sp³-hybridized carbons (Fsp3) is 0.391. The van der Waals surface area contributed by atoms with Crippen LogP contribution in [0, 0.1) is 0 Å². The van der Waals surface area contributed by atoms with E-state index in [0.717, 1.165) is 11.1 Å². The maximum atomic E-state index is 12.3. The Balaban J connectivity index is 1.85. The largest absolute Gasteiger partial charge is 0.489 e. The van der Waals surface area contributed by atoms with Crippen molar-refractivity contribution in [2.45, 2.75) is 45.4 Å².